The van der Waals surface area contributed by atoms with Crippen molar-refractivity contribution in [3.05, 3.63) is 70.7 Å². The number of piperidine rings is 1. The SMILES string of the molecule is O=C(NCc1ccccc1)C1(Cc2ccc(Cl)cc2)CCNCC1. The molecule has 3 nitrogen and oxygen atoms in total. The molecule has 1 heterocycles. The lowest BCUT2D eigenvalue weighted by Gasteiger charge is -2.36. The van der Waals surface area contributed by atoms with Gasteiger partial charge in [0.1, 0.15) is 0 Å². The summed E-state index contributed by atoms with van der Waals surface area (Å²) in [7, 11) is 0. The lowest BCUT2D eigenvalue weighted by atomic mass is 9.73. The molecule has 0 aromatic heterocycles. The molecule has 0 aliphatic carbocycles. The van der Waals surface area contributed by atoms with Gasteiger partial charge in [-0.15, -0.1) is 0 Å². The third kappa shape index (κ3) is 4.16. The zero-order chi connectivity index (χ0) is 16.8. The van der Waals surface area contributed by atoms with E-state index < -0.39 is 0 Å². The summed E-state index contributed by atoms with van der Waals surface area (Å²) in [6, 6.07) is 17.9. The van der Waals surface area contributed by atoms with E-state index in [1.165, 1.54) is 0 Å². The minimum Gasteiger partial charge on any atom is -0.352 e. The molecule has 1 fully saturated rings. The number of benzene rings is 2. The van der Waals surface area contributed by atoms with E-state index in [1.54, 1.807) is 0 Å². The molecule has 2 aromatic rings. The summed E-state index contributed by atoms with van der Waals surface area (Å²) in [5.74, 6) is 0.155. The molecule has 0 unspecified atom stereocenters. The highest BCUT2D eigenvalue weighted by atomic mass is 35.5. The van der Waals surface area contributed by atoms with Crippen LogP contribution in [-0.4, -0.2) is 19.0 Å². The van der Waals surface area contributed by atoms with Crippen molar-refractivity contribution in [2.75, 3.05) is 13.1 Å². The van der Waals surface area contributed by atoms with E-state index in [-0.39, 0.29) is 11.3 Å². The summed E-state index contributed by atoms with van der Waals surface area (Å²) in [6.07, 6.45) is 2.47. The molecule has 4 heteroatoms. The van der Waals surface area contributed by atoms with Gasteiger partial charge in [-0.05, 0) is 55.6 Å². The molecule has 0 radical (unpaired) electrons. The third-order valence-corrected chi connectivity index (χ3v) is 5.05. The summed E-state index contributed by atoms with van der Waals surface area (Å²) in [6.45, 7) is 2.34. The van der Waals surface area contributed by atoms with Crippen molar-refractivity contribution >= 4 is 17.5 Å². The van der Waals surface area contributed by atoms with Crippen LogP contribution in [0.5, 0.6) is 0 Å². The van der Waals surface area contributed by atoms with Crippen molar-refractivity contribution in [1.82, 2.24) is 10.6 Å². The number of carbonyl (C=O) groups is 1. The molecule has 2 N–H and O–H groups in total. The molecule has 1 saturated heterocycles. The maximum Gasteiger partial charge on any atom is 0.226 e. The molecule has 0 bridgehead atoms. The minimum absolute atomic E-state index is 0.155. The summed E-state index contributed by atoms with van der Waals surface area (Å²) < 4.78 is 0. The van der Waals surface area contributed by atoms with E-state index >= 15 is 0 Å². The average molecular weight is 343 g/mol. The van der Waals surface area contributed by atoms with E-state index in [1.807, 2.05) is 54.6 Å². The second-order valence-electron chi connectivity index (χ2n) is 6.50. The fourth-order valence-electron chi connectivity index (χ4n) is 3.35. The molecule has 1 aliphatic heterocycles. The number of halogens is 1. The number of hydrogen-bond acceptors (Lipinski definition) is 2. The molecular weight excluding hydrogens is 320 g/mol. The van der Waals surface area contributed by atoms with E-state index in [0.29, 0.717) is 6.54 Å². The lowest BCUT2D eigenvalue weighted by molar-refractivity contribution is -0.132. The first-order valence-corrected chi connectivity index (χ1v) is 8.83. The number of hydrogen-bond donors (Lipinski definition) is 2. The zero-order valence-electron chi connectivity index (χ0n) is 13.7. The van der Waals surface area contributed by atoms with Crippen molar-refractivity contribution < 1.29 is 4.79 Å². The molecule has 24 heavy (non-hydrogen) atoms. The van der Waals surface area contributed by atoms with Gasteiger partial charge in [0.05, 0.1) is 5.41 Å². The summed E-state index contributed by atoms with van der Waals surface area (Å²) in [5.41, 5.74) is 1.95. The largest absolute Gasteiger partial charge is 0.352 e. The van der Waals surface area contributed by atoms with Gasteiger partial charge in [-0.1, -0.05) is 54.1 Å². The van der Waals surface area contributed by atoms with E-state index in [2.05, 4.69) is 10.6 Å². The maximum atomic E-state index is 13.0. The van der Waals surface area contributed by atoms with Crippen LogP contribution >= 0.6 is 11.6 Å². The van der Waals surface area contributed by atoms with Crippen molar-refractivity contribution in [3.8, 4) is 0 Å². The van der Waals surface area contributed by atoms with Crippen molar-refractivity contribution in [1.29, 1.82) is 0 Å². The molecule has 0 spiro atoms. The second kappa shape index (κ2) is 7.82. The van der Waals surface area contributed by atoms with Gasteiger partial charge in [0, 0.05) is 11.6 Å². The maximum absolute atomic E-state index is 13.0. The lowest BCUT2D eigenvalue weighted by Crippen LogP contribution is -2.48. The molecule has 1 aliphatic rings. The Bertz CT molecular complexity index is 664. The molecule has 2 aromatic carbocycles. The topological polar surface area (TPSA) is 41.1 Å². The van der Waals surface area contributed by atoms with Gasteiger partial charge in [0.2, 0.25) is 5.91 Å². The molecule has 126 valence electrons. The number of rotatable bonds is 5. The van der Waals surface area contributed by atoms with Crippen molar-refractivity contribution in [3.63, 3.8) is 0 Å². The summed E-state index contributed by atoms with van der Waals surface area (Å²) in [5, 5.41) is 7.24. The van der Waals surface area contributed by atoms with Gasteiger partial charge < -0.3 is 10.6 Å². The van der Waals surface area contributed by atoms with E-state index in [4.69, 9.17) is 11.6 Å². The quantitative estimate of drug-likeness (QED) is 0.872. The average Bonchev–Trinajstić information content (AvgIpc) is 2.63. The van der Waals surface area contributed by atoms with Crippen LogP contribution in [0.15, 0.2) is 54.6 Å². The first-order valence-electron chi connectivity index (χ1n) is 8.45. The Labute approximate surface area is 148 Å². The Kier molecular flexibility index (Phi) is 5.54. The number of amides is 1. The Morgan fingerprint density at radius 1 is 1.00 bits per heavy atom. The number of nitrogens with one attached hydrogen (secondary N) is 2. The molecule has 0 atom stereocenters. The molecule has 3 rings (SSSR count). The number of carbonyl (C=O) groups excluding carboxylic acids is 1. The van der Waals surface area contributed by atoms with Gasteiger partial charge in [-0.3, -0.25) is 4.79 Å². The predicted molar refractivity (Wildman–Crippen MR) is 98.0 cm³/mol. The smallest absolute Gasteiger partial charge is 0.226 e. The second-order valence-corrected chi connectivity index (χ2v) is 6.94. The molecule has 1 amide bonds. The Morgan fingerprint density at radius 3 is 2.33 bits per heavy atom. The minimum atomic E-state index is -0.339. The first kappa shape index (κ1) is 17.0. The molecule has 0 saturated carbocycles. The van der Waals surface area contributed by atoms with Gasteiger partial charge in [0.15, 0.2) is 0 Å². The highest BCUT2D eigenvalue weighted by Gasteiger charge is 2.39. The van der Waals surface area contributed by atoms with Crippen LogP contribution in [0.4, 0.5) is 0 Å². The third-order valence-electron chi connectivity index (χ3n) is 4.79. The van der Waals surface area contributed by atoms with Gasteiger partial charge >= 0.3 is 0 Å². The monoisotopic (exact) mass is 342 g/mol. The van der Waals surface area contributed by atoms with Crippen LogP contribution in [0.1, 0.15) is 24.0 Å². The van der Waals surface area contributed by atoms with E-state index in [9.17, 15) is 4.79 Å². The predicted octanol–water partition coefficient (Wildman–Crippen LogP) is 3.57. The Morgan fingerprint density at radius 2 is 1.67 bits per heavy atom. The van der Waals surface area contributed by atoms with Crippen LogP contribution in [0.3, 0.4) is 0 Å². The van der Waals surface area contributed by atoms with Gasteiger partial charge in [-0.25, -0.2) is 0 Å². The van der Waals surface area contributed by atoms with Crippen molar-refractivity contribution in [2.45, 2.75) is 25.8 Å². The standard InChI is InChI=1S/C20H23ClN2O/c21-18-8-6-16(7-9-18)14-20(10-12-22-13-11-20)19(24)23-15-17-4-2-1-3-5-17/h1-9,22H,10-15H2,(H,23,24). The van der Waals surface area contributed by atoms with Crippen molar-refractivity contribution in [2.24, 2.45) is 5.41 Å². The first-order chi connectivity index (χ1) is 11.7. The highest BCUT2D eigenvalue weighted by Crippen LogP contribution is 2.33. The van der Waals surface area contributed by atoms with Crippen LogP contribution in [0.25, 0.3) is 0 Å². The van der Waals surface area contributed by atoms with Crippen LogP contribution in [0.2, 0.25) is 5.02 Å². The zero-order valence-corrected chi connectivity index (χ0v) is 14.5. The summed E-state index contributed by atoms with van der Waals surface area (Å²) >= 11 is 5.98. The molecular formula is C20H23ClN2O. The van der Waals surface area contributed by atoms with Gasteiger partial charge in [0.25, 0.3) is 0 Å². The van der Waals surface area contributed by atoms with E-state index in [0.717, 1.165) is 48.5 Å². The fourth-order valence-corrected chi connectivity index (χ4v) is 3.47. The van der Waals surface area contributed by atoms with Gasteiger partial charge in [-0.2, -0.15) is 0 Å². The fraction of sp³-hybridized carbons (Fsp3) is 0.350. The Balaban J connectivity index is 1.72. The highest BCUT2D eigenvalue weighted by molar-refractivity contribution is 6.30. The summed E-state index contributed by atoms with van der Waals surface area (Å²) in [4.78, 5) is 13.0. The van der Waals surface area contributed by atoms with Crippen LogP contribution < -0.4 is 10.6 Å². The van der Waals surface area contributed by atoms with Crippen LogP contribution in [-0.2, 0) is 17.8 Å². The Hall–Kier alpha value is -1.84. The van der Waals surface area contributed by atoms with Crippen LogP contribution in [0, 0.1) is 5.41 Å². The normalized spacial score (nSPS) is 16.5.